The highest BCUT2D eigenvalue weighted by atomic mass is 32.2. The number of aryl methyl sites for hydroxylation is 1. The Balaban J connectivity index is 1.17. The number of benzene rings is 3. The number of aromatic nitrogens is 2. The molecule has 52 heavy (non-hydrogen) atoms. The van der Waals surface area contributed by atoms with E-state index in [1.54, 1.807) is 81.7 Å². The summed E-state index contributed by atoms with van der Waals surface area (Å²) in [7, 11) is -3.84. The van der Waals surface area contributed by atoms with Gasteiger partial charge in [-0.25, -0.2) is 18.2 Å². The van der Waals surface area contributed by atoms with Crippen LogP contribution in [-0.2, 0) is 27.6 Å². The predicted molar refractivity (Wildman–Crippen MR) is 209 cm³/mol. The zero-order chi connectivity index (χ0) is 37.1. The van der Waals surface area contributed by atoms with Crippen LogP contribution in [0.4, 0.5) is 10.5 Å². The molecular formula is C41H48N4O5S2. The highest BCUT2D eigenvalue weighted by Gasteiger charge is 2.25. The van der Waals surface area contributed by atoms with Crippen molar-refractivity contribution in [3.8, 4) is 21.8 Å². The Hall–Kier alpha value is -4.58. The van der Waals surface area contributed by atoms with Gasteiger partial charge >= 0.3 is 6.09 Å². The van der Waals surface area contributed by atoms with Crippen molar-refractivity contribution < 1.29 is 23.1 Å². The summed E-state index contributed by atoms with van der Waals surface area (Å²) >= 11 is 1.53. The van der Waals surface area contributed by atoms with Crippen LogP contribution in [0, 0.1) is 0 Å². The monoisotopic (exact) mass is 740 g/mol. The average molecular weight is 741 g/mol. The van der Waals surface area contributed by atoms with Crippen LogP contribution in [0.3, 0.4) is 0 Å². The Morgan fingerprint density at radius 2 is 1.58 bits per heavy atom. The summed E-state index contributed by atoms with van der Waals surface area (Å²) in [6.07, 6.45) is 8.28. The van der Waals surface area contributed by atoms with Gasteiger partial charge in [0.1, 0.15) is 10.6 Å². The molecule has 2 heterocycles. The summed E-state index contributed by atoms with van der Waals surface area (Å²) in [6.45, 7) is 7.93. The number of aliphatic hydroxyl groups excluding tert-OH is 1. The lowest BCUT2D eigenvalue weighted by atomic mass is 10.0. The third kappa shape index (κ3) is 11.2. The van der Waals surface area contributed by atoms with Gasteiger partial charge in [-0.3, -0.25) is 9.71 Å². The van der Waals surface area contributed by atoms with Gasteiger partial charge in [0.05, 0.1) is 23.2 Å². The summed E-state index contributed by atoms with van der Waals surface area (Å²) in [6, 6.07) is 25.8. The first-order valence-electron chi connectivity index (χ1n) is 17.7. The third-order valence-corrected chi connectivity index (χ3v) is 10.8. The first-order valence-corrected chi connectivity index (χ1v) is 20.1. The Morgan fingerprint density at radius 3 is 2.23 bits per heavy atom. The minimum absolute atomic E-state index is 0.0358. The van der Waals surface area contributed by atoms with Crippen molar-refractivity contribution >= 4 is 33.1 Å². The van der Waals surface area contributed by atoms with E-state index < -0.39 is 27.8 Å². The second kappa shape index (κ2) is 17.8. The Bertz CT molecular complexity index is 1970. The van der Waals surface area contributed by atoms with Crippen LogP contribution >= 0.6 is 11.3 Å². The molecule has 5 aromatic rings. The third-order valence-electron chi connectivity index (χ3n) is 8.48. The molecule has 0 saturated carbocycles. The first-order chi connectivity index (χ1) is 24.9. The number of rotatable bonds is 16. The molecular weight excluding hydrogens is 693 g/mol. The number of nitrogens with one attached hydrogen (secondary N) is 1. The number of carbonyl (C=O) groups excluding carboxylic acids is 1. The van der Waals surface area contributed by atoms with Gasteiger partial charge in [-0.1, -0.05) is 80.8 Å². The summed E-state index contributed by atoms with van der Waals surface area (Å²) in [4.78, 5) is 23.5. The molecule has 11 heteroatoms. The molecule has 2 N–H and O–H groups in total. The fourth-order valence-corrected chi connectivity index (χ4v) is 7.50. The summed E-state index contributed by atoms with van der Waals surface area (Å²) in [5.41, 5.74) is 5.36. The van der Waals surface area contributed by atoms with Crippen LogP contribution in [0.1, 0.15) is 76.2 Å². The largest absolute Gasteiger partial charge is 0.444 e. The van der Waals surface area contributed by atoms with Gasteiger partial charge < -0.3 is 14.7 Å². The molecule has 5 rings (SSSR count). The van der Waals surface area contributed by atoms with Crippen LogP contribution in [0.2, 0.25) is 0 Å². The summed E-state index contributed by atoms with van der Waals surface area (Å²) in [5, 5.41) is 13.6. The standard InChI is InChI=1S/C41H48N4O5S2/c1-5-6-7-8-10-30-12-16-32(17-13-30)37-29-51-39(43-37)33-18-22-36(23-19-33)52(48,49)44-35-20-14-31(15-21-35)24-26-45(40(47)50-41(2,3)4)28-38(46)34-11-9-25-42-27-34/h9,11-23,25,27,29,38,44,46H,5-8,10,24,26,28H2,1-4H3/t38-/m0/s1. The topological polar surface area (TPSA) is 122 Å². The van der Waals surface area contributed by atoms with Crippen molar-refractivity contribution in [3.63, 3.8) is 0 Å². The molecule has 0 fully saturated rings. The lowest BCUT2D eigenvalue weighted by Gasteiger charge is -2.29. The number of thiazole rings is 1. The van der Waals surface area contributed by atoms with Gasteiger partial charge in [-0.2, -0.15) is 0 Å². The normalized spacial score (nSPS) is 12.3. The maximum Gasteiger partial charge on any atom is 0.410 e. The molecule has 0 aliphatic heterocycles. The van der Waals surface area contributed by atoms with Crippen LogP contribution in [-0.4, -0.2) is 53.2 Å². The molecule has 0 saturated heterocycles. The molecule has 9 nitrogen and oxygen atoms in total. The van der Waals surface area contributed by atoms with Gasteiger partial charge in [0.25, 0.3) is 10.0 Å². The van der Waals surface area contributed by atoms with E-state index in [2.05, 4.69) is 40.9 Å². The van der Waals surface area contributed by atoms with E-state index in [4.69, 9.17) is 9.72 Å². The lowest BCUT2D eigenvalue weighted by Crippen LogP contribution is -2.40. The highest BCUT2D eigenvalue weighted by Crippen LogP contribution is 2.30. The van der Waals surface area contributed by atoms with Crippen molar-refractivity contribution in [2.24, 2.45) is 0 Å². The van der Waals surface area contributed by atoms with E-state index in [9.17, 15) is 18.3 Å². The van der Waals surface area contributed by atoms with Crippen molar-refractivity contribution in [1.82, 2.24) is 14.9 Å². The number of anilines is 1. The maximum absolute atomic E-state index is 13.3. The smallest absolute Gasteiger partial charge is 0.410 e. The number of aliphatic hydroxyl groups is 1. The average Bonchev–Trinajstić information content (AvgIpc) is 3.63. The molecule has 0 bridgehead atoms. The van der Waals surface area contributed by atoms with E-state index in [0.29, 0.717) is 17.7 Å². The number of ether oxygens (including phenoxy) is 1. The molecule has 0 spiro atoms. The van der Waals surface area contributed by atoms with E-state index in [1.807, 2.05) is 17.5 Å². The SMILES string of the molecule is CCCCCCc1ccc(-c2csc(-c3ccc(S(=O)(=O)Nc4ccc(CCN(C[C@H](O)c5cccnc5)C(=O)OC(C)(C)C)cc4)cc3)n2)cc1. The van der Waals surface area contributed by atoms with E-state index in [0.717, 1.165) is 33.8 Å². The second-order valence-corrected chi connectivity index (χ2v) is 16.4. The van der Waals surface area contributed by atoms with Crippen LogP contribution < -0.4 is 4.72 Å². The zero-order valence-corrected chi connectivity index (χ0v) is 31.9. The molecule has 0 radical (unpaired) electrons. The number of hydrogen-bond acceptors (Lipinski definition) is 8. The van der Waals surface area contributed by atoms with Crippen molar-refractivity contribution in [2.45, 2.75) is 82.8 Å². The fourth-order valence-electron chi connectivity index (χ4n) is 5.60. The highest BCUT2D eigenvalue weighted by molar-refractivity contribution is 7.92. The molecule has 1 atom stereocenters. The zero-order valence-electron chi connectivity index (χ0n) is 30.3. The van der Waals surface area contributed by atoms with Crippen molar-refractivity contribution in [1.29, 1.82) is 0 Å². The van der Waals surface area contributed by atoms with Crippen molar-refractivity contribution in [2.75, 3.05) is 17.8 Å². The molecule has 274 valence electrons. The van der Waals surface area contributed by atoms with Gasteiger partial charge in [0, 0.05) is 46.7 Å². The van der Waals surface area contributed by atoms with Gasteiger partial charge in [0.2, 0.25) is 0 Å². The molecule has 0 aliphatic carbocycles. The quantitative estimate of drug-likeness (QED) is 0.0968. The Morgan fingerprint density at radius 1 is 0.904 bits per heavy atom. The minimum Gasteiger partial charge on any atom is -0.444 e. The van der Waals surface area contributed by atoms with Gasteiger partial charge in [0.15, 0.2) is 0 Å². The molecule has 1 amide bonds. The Kier molecular flexibility index (Phi) is 13.2. The molecule has 0 aliphatic rings. The number of hydrogen-bond donors (Lipinski definition) is 2. The lowest BCUT2D eigenvalue weighted by molar-refractivity contribution is 0.0146. The molecule has 0 unspecified atom stereocenters. The number of pyridine rings is 1. The van der Waals surface area contributed by atoms with Crippen LogP contribution in [0.15, 0.2) is 108 Å². The number of carbonyl (C=O) groups is 1. The Labute approximate surface area is 311 Å². The second-order valence-electron chi connectivity index (χ2n) is 13.9. The fraction of sp³-hybridized carbons (Fsp3) is 0.341. The number of unbranched alkanes of at least 4 members (excludes halogenated alkanes) is 3. The number of sulfonamides is 1. The van der Waals surface area contributed by atoms with E-state index >= 15 is 0 Å². The van der Waals surface area contributed by atoms with Gasteiger partial charge in [-0.05, 0) is 81.5 Å². The van der Waals surface area contributed by atoms with Crippen molar-refractivity contribution in [3.05, 3.63) is 119 Å². The summed E-state index contributed by atoms with van der Waals surface area (Å²) in [5.74, 6) is 0. The summed E-state index contributed by atoms with van der Waals surface area (Å²) < 4.78 is 34.8. The van der Waals surface area contributed by atoms with Crippen LogP contribution in [0.5, 0.6) is 0 Å². The predicted octanol–water partition coefficient (Wildman–Crippen LogP) is 9.31. The number of nitrogens with zero attached hydrogens (tertiary/aromatic N) is 3. The molecule has 3 aromatic carbocycles. The van der Waals surface area contributed by atoms with E-state index in [-0.39, 0.29) is 18.0 Å². The minimum atomic E-state index is -3.84. The molecule has 2 aromatic heterocycles. The van der Waals surface area contributed by atoms with Crippen LogP contribution in [0.25, 0.3) is 21.8 Å². The first kappa shape index (κ1) is 38.6. The maximum atomic E-state index is 13.3. The number of amides is 1. The van der Waals surface area contributed by atoms with E-state index in [1.165, 1.54) is 47.5 Å². The van der Waals surface area contributed by atoms with Gasteiger partial charge in [-0.15, -0.1) is 11.3 Å².